The Kier molecular flexibility index (Phi) is 5.75. The van der Waals surface area contributed by atoms with Crippen LogP contribution in [0.1, 0.15) is 74.7 Å². The number of hydrogen-bond donors (Lipinski definition) is 0. The summed E-state index contributed by atoms with van der Waals surface area (Å²) in [4.78, 5) is 24.6. The molecular weight excluding hydrogens is 292 g/mol. The fourth-order valence-corrected chi connectivity index (χ4v) is 1.86. The van der Waals surface area contributed by atoms with E-state index in [4.69, 9.17) is 9.47 Å². The standard InChI is InChI=1S/C19H26O4/c1-8-9-13-10-11-14(16(20)22-18(2,3)4)12-15(13)17(21)23-19(5,6)7/h8-12H,1-7H3. The van der Waals surface area contributed by atoms with E-state index in [1.54, 1.807) is 59.8 Å². The molecule has 0 aliphatic carbocycles. The summed E-state index contributed by atoms with van der Waals surface area (Å²) in [6.07, 6.45) is 3.63. The van der Waals surface area contributed by atoms with Crippen LogP contribution in [0.2, 0.25) is 0 Å². The minimum atomic E-state index is -0.605. The number of allylic oxidation sites excluding steroid dienone is 1. The van der Waals surface area contributed by atoms with E-state index in [0.717, 1.165) is 0 Å². The summed E-state index contributed by atoms with van der Waals surface area (Å²) in [5.41, 5.74) is 0.182. The zero-order chi connectivity index (χ0) is 17.8. The van der Waals surface area contributed by atoms with E-state index in [-0.39, 0.29) is 0 Å². The summed E-state index contributed by atoms with van der Waals surface area (Å²) in [7, 11) is 0. The molecule has 0 saturated carbocycles. The van der Waals surface area contributed by atoms with Gasteiger partial charge in [-0.05, 0) is 66.2 Å². The molecule has 23 heavy (non-hydrogen) atoms. The quantitative estimate of drug-likeness (QED) is 0.762. The van der Waals surface area contributed by atoms with Crippen LogP contribution in [0.15, 0.2) is 24.3 Å². The van der Waals surface area contributed by atoms with Crippen LogP contribution in [0, 0.1) is 0 Å². The maximum Gasteiger partial charge on any atom is 0.339 e. The van der Waals surface area contributed by atoms with Crippen molar-refractivity contribution in [2.75, 3.05) is 0 Å². The second-order valence-corrected chi connectivity index (χ2v) is 7.31. The van der Waals surface area contributed by atoms with Crippen LogP contribution in [0.4, 0.5) is 0 Å². The van der Waals surface area contributed by atoms with Crippen LogP contribution < -0.4 is 0 Å². The van der Waals surface area contributed by atoms with Gasteiger partial charge in [0.25, 0.3) is 0 Å². The third-order valence-corrected chi connectivity index (χ3v) is 2.65. The molecule has 0 bridgehead atoms. The molecule has 4 heteroatoms. The minimum absolute atomic E-state index is 0.328. The van der Waals surface area contributed by atoms with E-state index in [1.807, 2.05) is 13.0 Å². The second-order valence-electron chi connectivity index (χ2n) is 7.31. The van der Waals surface area contributed by atoms with Crippen molar-refractivity contribution in [3.8, 4) is 0 Å². The summed E-state index contributed by atoms with van der Waals surface area (Å²) < 4.78 is 10.8. The van der Waals surface area contributed by atoms with Gasteiger partial charge < -0.3 is 9.47 Å². The average Bonchev–Trinajstić information content (AvgIpc) is 2.35. The molecule has 0 unspecified atom stereocenters. The molecule has 1 aromatic rings. The van der Waals surface area contributed by atoms with Gasteiger partial charge in [-0.15, -0.1) is 0 Å². The Morgan fingerprint density at radius 3 is 1.91 bits per heavy atom. The van der Waals surface area contributed by atoms with Gasteiger partial charge in [-0.25, -0.2) is 9.59 Å². The van der Waals surface area contributed by atoms with E-state index >= 15 is 0 Å². The summed E-state index contributed by atoms with van der Waals surface area (Å²) in [5, 5.41) is 0. The summed E-state index contributed by atoms with van der Waals surface area (Å²) >= 11 is 0. The van der Waals surface area contributed by atoms with Crippen molar-refractivity contribution in [1.82, 2.24) is 0 Å². The molecule has 0 aromatic heterocycles. The monoisotopic (exact) mass is 318 g/mol. The molecular formula is C19H26O4. The molecule has 126 valence electrons. The highest BCUT2D eigenvalue weighted by Crippen LogP contribution is 2.20. The lowest BCUT2D eigenvalue weighted by molar-refractivity contribution is 0.00675. The molecule has 0 radical (unpaired) electrons. The van der Waals surface area contributed by atoms with Crippen LogP contribution in [-0.4, -0.2) is 23.1 Å². The molecule has 1 aromatic carbocycles. The molecule has 0 N–H and O–H groups in total. The lowest BCUT2D eigenvalue weighted by Crippen LogP contribution is -2.25. The zero-order valence-corrected chi connectivity index (χ0v) is 15.0. The van der Waals surface area contributed by atoms with E-state index in [2.05, 4.69) is 0 Å². The number of ether oxygens (including phenoxy) is 2. The Morgan fingerprint density at radius 1 is 0.913 bits per heavy atom. The Balaban J connectivity index is 3.22. The van der Waals surface area contributed by atoms with Crippen molar-refractivity contribution in [1.29, 1.82) is 0 Å². The number of rotatable bonds is 3. The molecule has 0 heterocycles. The van der Waals surface area contributed by atoms with Crippen molar-refractivity contribution in [2.24, 2.45) is 0 Å². The van der Waals surface area contributed by atoms with Crippen LogP contribution in [0.25, 0.3) is 6.08 Å². The van der Waals surface area contributed by atoms with Gasteiger partial charge in [0.15, 0.2) is 0 Å². The number of hydrogen-bond acceptors (Lipinski definition) is 4. The first-order valence-electron chi connectivity index (χ1n) is 7.66. The van der Waals surface area contributed by atoms with Gasteiger partial charge >= 0.3 is 11.9 Å². The molecule has 1 rings (SSSR count). The van der Waals surface area contributed by atoms with Gasteiger partial charge in [-0.3, -0.25) is 0 Å². The van der Waals surface area contributed by atoms with Crippen molar-refractivity contribution >= 4 is 18.0 Å². The summed E-state index contributed by atoms with van der Waals surface area (Å²) in [5.74, 6) is -0.926. The van der Waals surface area contributed by atoms with Gasteiger partial charge in [-0.1, -0.05) is 18.2 Å². The molecule has 0 fully saturated rings. The third-order valence-electron chi connectivity index (χ3n) is 2.65. The number of benzene rings is 1. The maximum absolute atomic E-state index is 12.4. The van der Waals surface area contributed by atoms with E-state index in [1.165, 1.54) is 6.07 Å². The van der Waals surface area contributed by atoms with Crippen LogP contribution >= 0.6 is 0 Å². The van der Waals surface area contributed by atoms with Gasteiger partial charge in [-0.2, -0.15) is 0 Å². The maximum atomic E-state index is 12.4. The normalized spacial score (nSPS) is 12.3. The average molecular weight is 318 g/mol. The number of carbonyl (C=O) groups excluding carboxylic acids is 2. The van der Waals surface area contributed by atoms with Crippen molar-refractivity contribution in [3.63, 3.8) is 0 Å². The van der Waals surface area contributed by atoms with Crippen molar-refractivity contribution in [3.05, 3.63) is 41.0 Å². The lowest BCUT2D eigenvalue weighted by Gasteiger charge is -2.21. The Hall–Kier alpha value is -2.10. The lowest BCUT2D eigenvalue weighted by atomic mass is 10.0. The molecule has 0 amide bonds. The molecule has 0 aliphatic heterocycles. The molecule has 0 spiro atoms. The van der Waals surface area contributed by atoms with Gasteiger partial charge in [0, 0.05) is 0 Å². The Bertz CT molecular complexity index is 613. The minimum Gasteiger partial charge on any atom is -0.456 e. The SMILES string of the molecule is CC=Cc1ccc(C(=O)OC(C)(C)C)cc1C(=O)OC(C)(C)C. The Morgan fingerprint density at radius 2 is 1.43 bits per heavy atom. The summed E-state index contributed by atoms with van der Waals surface area (Å²) in [6, 6.07) is 4.90. The number of carbonyl (C=O) groups is 2. The van der Waals surface area contributed by atoms with E-state index in [0.29, 0.717) is 16.7 Å². The summed E-state index contributed by atoms with van der Waals surface area (Å²) in [6.45, 7) is 12.7. The first-order valence-corrected chi connectivity index (χ1v) is 7.66. The highest BCUT2D eigenvalue weighted by Gasteiger charge is 2.23. The smallest absolute Gasteiger partial charge is 0.339 e. The molecule has 0 atom stereocenters. The van der Waals surface area contributed by atoms with Crippen LogP contribution in [0.3, 0.4) is 0 Å². The number of esters is 2. The predicted octanol–water partition coefficient (Wildman–Crippen LogP) is 4.63. The predicted molar refractivity (Wildman–Crippen MR) is 91.5 cm³/mol. The highest BCUT2D eigenvalue weighted by molar-refractivity contribution is 5.98. The van der Waals surface area contributed by atoms with Crippen LogP contribution in [0.5, 0.6) is 0 Å². The highest BCUT2D eigenvalue weighted by atomic mass is 16.6. The molecule has 4 nitrogen and oxygen atoms in total. The largest absolute Gasteiger partial charge is 0.456 e. The Labute approximate surface area is 138 Å². The fourth-order valence-electron chi connectivity index (χ4n) is 1.86. The fraction of sp³-hybridized carbons (Fsp3) is 0.474. The first kappa shape index (κ1) is 18.9. The topological polar surface area (TPSA) is 52.6 Å². The van der Waals surface area contributed by atoms with Crippen LogP contribution in [-0.2, 0) is 9.47 Å². The zero-order valence-electron chi connectivity index (χ0n) is 15.0. The second kappa shape index (κ2) is 6.99. The molecule has 0 saturated heterocycles. The van der Waals surface area contributed by atoms with Gasteiger partial charge in [0.1, 0.15) is 11.2 Å². The van der Waals surface area contributed by atoms with E-state index in [9.17, 15) is 9.59 Å². The van der Waals surface area contributed by atoms with Crippen molar-refractivity contribution in [2.45, 2.75) is 59.7 Å². The third kappa shape index (κ3) is 6.27. The van der Waals surface area contributed by atoms with Gasteiger partial charge in [0.05, 0.1) is 11.1 Å². The van der Waals surface area contributed by atoms with Crippen molar-refractivity contribution < 1.29 is 19.1 Å². The molecule has 0 aliphatic rings. The first-order chi connectivity index (χ1) is 10.4. The van der Waals surface area contributed by atoms with Gasteiger partial charge in [0.2, 0.25) is 0 Å². The van der Waals surface area contributed by atoms with E-state index < -0.39 is 23.1 Å².